The van der Waals surface area contributed by atoms with Crippen LogP contribution in [-0.4, -0.2) is 38.4 Å². The molecule has 1 saturated heterocycles. The van der Waals surface area contributed by atoms with E-state index in [1.165, 1.54) is 0 Å². The van der Waals surface area contributed by atoms with E-state index in [1.54, 1.807) is 14.2 Å². The first-order valence-corrected chi connectivity index (χ1v) is 11.4. The van der Waals surface area contributed by atoms with Crippen molar-refractivity contribution in [2.24, 2.45) is 11.8 Å². The number of hydrogen-bond acceptors (Lipinski definition) is 6. The molecule has 33 heavy (non-hydrogen) atoms. The van der Waals surface area contributed by atoms with Gasteiger partial charge in [0.15, 0.2) is 17.3 Å². The maximum absolute atomic E-state index is 12.7. The number of carbonyl (C=O) groups excluding carboxylic acids is 1. The zero-order chi connectivity index (χ0) is 23.0. The summed E-state index contributed by atoms with van der Waals surface area (Å²) < 4.78 is 16.2. The second-order valence-electron chi connectivity index (χ2n) is 8.44. The predicted octanol–water partition coefficient (Wildman–Crippen LogP) is 3.83. The van der Waals surface area contributed by atoms with Gasteiger partial charge in [-0.15, -0.1) is 0 Å². The highest BCUT2D eigenvalue weighted by molar-refractivity contribution is 5.76. The highest BCUT2D eigenvalue weighted by Gasteiger charge is 2.28. The van der Waals surface area contributed by atoms with Crippen LogP contribution in [0.2, 0.25) is 0 Å². The summed E-state index contributed by atoms with van der Waals surface area (Å²) in [5.74, 6) is 2.80. The minimum atomic E-state index is 0.0619. The third-order valence-electron chi connectivity index (χ3n) is 6.24. The van der Waals surface area contributed by atoms with Crippen molar-refractivity contribution in [2.45, 2.75) is 25.8 Å². The van der Waals surface area contributed by atoms with E-state index in [1.807, 2.05) is 54.6 Å². The molecule has 0 bridgehead atoms. The fraction of sp³-hybridized carbons (Fsp3) is 0.385. The van der Waals surface area contributed by atoms with Crippen LogP contribution in [0.1, 0.15) is 24.1 Å². The lowest BCUT2D eigenvalue weighted by Crippen LogP contribution is -2.40. The Balaban J connectivity index is 1.33. The number of carbonyl (C=O) groups is 1. The molecular formula is C26H31N3O4. The molecule has 2 heterocycles. The fourth-order valence-corrected chi connectivity index (χ4v) is 4.40. The number of rotatable bonds is 9. The maximum atomic E-state index is 12.7. The Morgan fingerprint density at radius 3 is 2.70 bits per heavy atom. The molecule has 1 amide bonds. The van der Waals surface area contributed by atoms with Crippen LogP contribution in [0.15, 0.2) is 59.1 Å². The summed E-state index contributed by atoms with van der Waals surface area (Å²) in [5.41, 5.74) is 2.92. The van der Waals surface area contributed by atoms with Gasteiger partial charge < -0.3 is 24.6 Å². The third-order valence-corrected chi connectivity index (χ3v) is 6.24. The van der Waals surface area contributed by atoms with Crippen molar-refractivity contribution in [3.63, 3.8) is 0 Å². The van der Waals surface area contributed by atoms with Crippen molar-refractivity contribution in [3.05, 3.63) is 65.9 Å². The summed E-state index contributed by atoms with van der Waals surface area (Å²) in [4.78, 5) is 12.7. The number of piperidine rings is 1. The largest absolute Gasteiger partial charge is 0.493 e. The Labute approximate surface area is 194 Å². The Hall–Kier alpha value is -3.32. The second-order valence-corrected chi connectivity index (χ2v) is 8.44. The minimum absolute atomic E-state index is 0.0619. The first-order valence-electron chi connectivity index (χ1n) is 11.4. The van der Waals surface area contributed by atoms with Crippen molar-refractivity contribution in [3.8, 4) is 22.8 Å². The number of nitrogens with one attached hydrogen (secondary N) is 2. The van der Waals surface area contributed by atoms with Crippen molar-refractivity contribution < 1.29 is 18.8 Å². The number of hydrogen-bond donors (Lipinski definition) is 2. The Bertz CT molecular complexity index is 1050. The SMILES string of the molecule is COc1ccc(CNC(=O)C[C@H]2CCNC[C@@H]2Cc2cc(-c3ccccc3)on2)cc1OC. The lowest BCUT2D eigenvalue weighted by Gasteiger charge is -2.31. The smallest absolute Gasteiger partial charge is 0.220 e. The van der Waals surface area contributed by atoms with Crippen LogP contribution in [0.25, 0.3) is 11.3 Å². The van der Waals surface area contributed by atoms with Gasteiger partial charge in [-0.25, -0.2) is 0 Å². The first kappa shape index (κ1) is 22.9. The van der Waals surface area contributed by atoms with Gasteiger partial charge >= 0.3 is 0 Å². The number of nitrogens with zero attached hydrogens (tertiary/aromatic N) is 1. The molecule has 1 fully saturated rings. The van der Waals surface area contributed by atoms with Gasteiger partial charge in [0.25, 0.3) is 0 Å². The first-order chi connectivity index (χ1) is 16.2. The number of benzene rings is 2. The Morgan fingerprint density at radius 1 is 1.09 bits per heavy atom. The molecule has 7 nitrogen and oxygen atoms in total. The van der Waals surface area contributed by atoms with E-state index in [2.05, 4.69) is 15.8 Å². The Kier molecular flexibility index (Phi) is 7.62. The summed E-state index contributed by atoms with van der Waals surface area (Å²) in [6, 6.07) is 17.7. The molecule has 174 valence electrons. The highest BCUT2D eigenvalue weighted by atomic mass is 16.5. The molecule has 0 unspecified atom stereocenters. The summed E-state index contributed by atoms with van der Waals surface area (Å²) in [6.45, 7) is 2.26. The van der Waals surface area contributed by atoms with Crippen LogP contribution in [0.4, 0.5) is 0 Å². The average Bonchev–Trinajstić information content (AvgIpc) is 3.33. The van der Waals surface area contributed by atoms with Gasteiger partial charge in [0.05, 0.1) is 19.9 Å². The fourth-order valence-electron chi connectivity index (χ4n) is 4.40. The summed E-state index contributed by atoms with van der Waals surface area (Å²) in [6.07, 6.45) is 2.26. The summed E-state index contributed by atoms with van der Waals surface area (Å²) in [7, 11) is 3.21. The van der Waals surface area contributed by atoms with Crippen molar-refractivity contribution in [2.75, 3.05) is 27.3 Å². The van der Waals surface area contributed by atoms with Gasteiger partial charge in [0.1, 0.15) is 0 Å². The van der Waals surface area contributed by atoms with Crippen LogP contribution in [0, 0.1) is 11.8 Å². The van der Waals surface area contributed by atoms with Crippen LogP contribution in [0.5, 0.6) is 11.5 Å². The van der Waals surface area contributed by atoms with E-state index in [-0.39, 0.29) is 5.91 Å². The maximum Gasteiger partial charge on any atom is 0.220 e. The van der Waals surface area contributed by atoms with Gasteiger partial charge in [0.2, 0.25) is 5.91 Å². The number of ether oxygens (including phenoxy) is 2. The molecule has 2 aromatic carbocycles. The van der Waals surface area contributed by atoms with Crippen LogP contribution in [0.3, 0.4) is 0 Å². The molecule has 4 rings (SSSR count). The van der Waals surface area contributed by atoms with Crippen molar-refractivity contribution >= 4 is 5.91 Å². The third kappa shape index (κ3) is 5.93. The number of aromatic nitrogens is 1. The van der Waals surface area contributed by atoms with E-state index in [4.69, 9.17) is 14.0 Å². The van der Waals surface area contributed by atoms with E-state index >= 15 is 0 Å². The zero-order valence-electron chi connectivity index (χ0n) is 19.2. The molecule has 0 saturated carbocycles. The minimum Gasteiger partial charge on any atom is -0.493 e. The molecular weight excluding hydrogens is 418 g/mol. The van der Waals surface area contributed by atoms with Gasteiger partial charge in [-0.2, -0.15) is 0 Å². The van der Waals surface area contributed by atoms with Gasteiger partial charge in [-0.1, -0.05) is 41.6 Å². The lowest BCUT2D eigenvalue weighted by atomic mass is 9.81. The van der Waals surface area contributed by atoms with E-state index in [0.717, 1.165) is 48.5 Å². The van der Waals surface area contributed by atoms with E-state index in [0.29, 0.717) is 36.3 Å². The molecule has 1 aliphatic heterocycles. The monoisotopic (exact) mass is 449 g/mol. The Morgan fingerprint density at radius 2 is 1.91 bits per heavy atom. The quantitative estimate of drug-likeness (QED) is 0.516. The molecule has 0 radical (unpaired) electrons. The predicted molar refractivity (Wildman–Crippen MR) is 126 cm³/mol. The van der Waals surface area contributed by atoms with Gasteiger partial charge in [0, 0.05) is 24.6 Å². The molecule has 0 spiro atoms. The lowest BCUT2D eigenvalue weighted by molar-refractivity contribution is -0.122. The molecule has 1 aliphatic rings. The van der Waals surface area contributed by atoms with Crippen LogP contribution in [-0.2, 0) is 17.8 Å². The highest BCUT2D eigenvalue weighted by Crippen LogP contribution is 2.29. The van der Waals surface area contributed by atoms with Crippen molar-refractivity contribution in [1.82, 2.24) is 15.8 Å². The molecule has 3 aromatic rings. The molecule has 1 aromatic heterocycles. The summed E-state index contributed by atoms with van der Waals surface area (Å²) >= 11 is 0. The van der Waals surface area contributed by atoms with E-state index in [9.17, 15) is 4.79 Å². The second kappa shape index (κ2) is 11.0. The summed E-state index contributed by atoms with van der Waals surface area (Å²) in [5, 5.41) is 10.8. The normalized spacial score (nSPS) is 18.0. The topological polar surface area (TPSA) is 85.6 Å². The number of methoxy groups -OCH3 is 2. The molecule has 2 N–H and O–H groups in total. The van der Waals surface area contributed by atoms with Crippen molar-refractivity contribution in [1.29, 1.82) is 0 Å². The van der Waals surface area contributed by atoms with E-state index < -0.39 is 0 Å². The van der Waals surface area contributed by atoms with Gasteiger partial charge in [-0.3, -0.25) is 4.79 Å². The van der Waals surface area contributed by atoms with Crippen LogP contribution >= 0.6 is 0 Å². The number of amides is 1. The molecule has 7 heteroatoms. The average molecular weight is 450 g/mol. The molecule has 0 aliphatic carbocycles. The molecule has 2 atom stereocenters. The van der Waals surface area contributed by atoms with Gasteiger partial charge in [-0.05, 0) is 55.5 Å². The van der Waals surface area contributed by atoms with Crippen LogP contribution < -0.4 is 20.1 Å². The zero-order valence-corrected chi connectivity index (χ0v) is 19.2. The standard InChI is InChI=1S/C26H31N3O4/c1-31-23-9-8-18(12-25(23)32-2)16-28-26(30)14-20-10-11-27-17-21(20)13-22-15-24(33-29-22)19-6-4-3-5-7-19/h3-9,12,15,20-21,27H,10-11,13-14,16-17H2,1-2H3,(H,28,30)/t20-,21+/m1/s1.